The summed E-state index contributed by atoms with van der Waals surface area (Å²) in [5.41, 5.74) is 2.73. The van der Waals surface area contributed by atoms with E-state index < -0.39 is 11.9 Å². The lowest BCUT2D eigenvalue weighted by molar-refractivity contribution is -0.138. The van der Waals surface area contributed by atoms with Crippen LogP contribution in [-0.4, -0.2) is 49.3 Å². The van der Waals surface area contributed by atoms with Crippen LogP contribution in [0.5, 0.6) is 0 Å². The van der Waals surface area contributed by atoms with E-state index in [0.717, 1.165) is 35.6 Å². The Kier molecular flexibility index (Phi) is 5.08. The van der Waals surface area contributed by atoms with E-state index in [1.54, 1.807) is 17.8 Å². The summed E-state index contributed by atoms with van der Waals surface area (Å²) in [6.07, 6.45) is 1.06. The van der Waals surface area contributed by atoms with Crippen LogP contribution >= 0.6 is 11.8 Å². The third-order valence-electron chi connectivity index (χ3n) is 3.67. The predicted molar refractivity (Wildman–Crippen MR) is 96.8 cm³/mol. The molecule has 0 radical (unpaired) electrons. The highest BCUT2D eigenvalue weighted by Crippen LogP contribution is 2.35. The molecule has 0 aliphatic carbocycles. The topological polar surface area (TPSA) is 80.2 Å². The molecule has 25 heavy (non-hydrogen) atoms. The molecule has 0 bridgehead atoms. The van der Waals surface area contributed by atoms with Crippen LogP contribution < -0.4 is 5.32 Å². The van der Waals surface area contributed by atoms with Gasteiger partial charge >= 0.3 is 11.9 Å². The molecule has 0 saturated carbocycles. The number of fused-ring (bicyclic) bond motifs is 1. The number of benzene rings is 1. The summed E-state index contributed by atoms with van der Waals surface area (Å²) in [5, 5.41) is 5.99. The largest absolute Gasteiger partial charge is 0.466 e. The van der Waals surface area contributed by atoms with Crippen molar-refractivity contribution < 1.29 is 19.1 Å². The lowest BCUT2D eigenvalue weighted by atomic mass is 10.1. The maximum atomic E-state index is 11.9. The van der Waals surface area contributed by atoms with Gasteiger partial charge in [-0.15, -0.1) is 0 Å². The fourth-order valence-corrected chi connectivity index (χ4v) is 3.45. The number of rotatable bonds is 5. The van der Waals surface area contributed by atoms with Crippen molar-refractivity contribution in [1.82, 2.24) is 4.90 Å². The smallest absolute Gasteiger partial charge is 0.354 e. The molecule has 0 unspecified atom stereocenters. The van der Waals surface area contributed by atoms with Gasteiger partial charge in [0.2, 0.25) is 0 Å². The molecule has 3 rings (SSSR count). The van der Waals surface area contributed by atoms with Crippen LogP contribution in [-0.2, 0) is 19.1 Å². The highest BCUT2D eigenvalue weighted by molar-refractivity contribution is 8.16. The minimum atomic E-state index is -0.652. The SMILES string of the molecule is COC(=O)/C=C(/Nc1cccc(C2=CSC3=NCCN23)c1)C(=O)OC. The third kappa shape index (κ3) is 3.69. The Labute approximate surface area is 149 Å². The second kappa shape index (κ2) is 7.43. The van der Waals surface area contributed by atoms with Crippen LogP contribution in [0.4, 0.5) is 5.69 Å². The van der Waals surface area contributed by atoms with Crippen molar-refractivity contribution in [1.29, 1.82) is 0 Å². The van der Waals surface area contributed by atoms with E-state index in [2.05, 4.69) is 25.4 Å². The van der Waals surface area contributed by atoms with E-state index in [9.17, 15) is 9.59 Å². The number of carbonyl (C=O) groups excluding carboxylic acids is 2. The maximum Gasteiger partial charge on any atom is 0.354 e. The molecule has 8 heteroatoms. The van der Waals surface area contributed by atoms with Crippen molar-refractivity contribution in [3.05, 3.63) is 47.0 Å². The van der Waals surface area contributed by atoms with E-state index in [-0.39, 0.29) is 5.70 Å². The average Bonchev–Trinajstić information content (AvgIpc) is 3.24. The fourth-order valence-electron chi connectivity index (χ4n) is 2.49. The molecule has 2 aliphatic heterocycles. The Morgan fingerprint density at radius 3 is 2.92 bits per heavy atom. The van der Waals surface area contributed by atoms with Crippen molar-refractivity contribution in [2.24, 2.45) is 4.99 Å². The van der Waals surface area contributed by atoms with Crippen LogP contribution in [0.1, 0.15) is 5.56 Å². The monoisotopic (exact) mass is 359 g/mol. The quantitative estimate of drug-likeness (QED) is 0.636. The molecule has 0 saturated heterocycles. The standard InChI is InChI=1S/C17H17N3O4S/c1-23-15(21)9-13(16(22)24-2)19-12-5-3-4-11(8-12)14-10-25-17-18-6-7-20(14)17/h3-5,8-10,19H,6-7H2,1-2H3/b13-9+. The van der Waals surface area contributed by atoms with Crippen molar-refractivity contribution in [2.45, 2.75) is 0 Å². The van der Waals surface area contributed by atoms with Gasteiger partial charge in [-0.2, -0.15) is 0 Å². The summed E-state index contributed by atoms with van der Waals surface area (Å²) < 4.78 is 9.27. The van der Waals surface area contributed by atoms with E-state index >= 15 is 0 Å². The lowest BCUT2D eigenvalue weighted by Gasteiger charge is -2.17. The summed E-state index contributed by atoms with van der Waals surface area (Å²) in [6, 6.07) is 7.57. The Bertz CT molecular complexity index is 801. The zero-order chi connectivity index (χ0) is 17.8. The highest BCUT2D eigenvalue weighted by Gasteiger charge is 2.27. The molecule has 130 valence electrons. The van der Waals surface area contributed by atoms with Crippen LogP contribution in [0.3, 0.4) is 0 Å². The molecule has 1 aromatic carbocycles. The number of hydrogen-bond acceptors (Lipinski definition) is 8. The van der Waals surface area contributed by atoms with Crippen LogP contribution in [0.15, 0.2) is 46.4 Å². The lowest BCUT2D eigenvalue weighted by Crippen LogP contribution is -2.20. The molecular weight excluding hydrogens is 342 g/mol. The normalized spacial score (nSPS) is 16.1. The Balaban J connectivity index is 1.83. The van der Waals surface area contributed by atoms with Crippen molar-refractivity contribution >= 4 is 40.3 Å². The number of methoxy groups -OCH3 is 2. The number of thioether (sulfide) groups is 1. The van der Waals surface area contributed by atoms with E-state index in [1.165, 1.54) is 14.2 Å². The minimum absolute atomic E-state index is 0.00435. The number of nitrogens with one attached hydrogen (secondary N) is 1. The van der Waals surface area contributed by atoms with Gasteiger partial charge in [-0.1, -0.05) is 23.9 Å². The number of nitrogens with zero attached hydrogens (tertiary/aromatic N) is 2. The number of amidine groups is 1. The maximum absolute atomic E-state index is 11.9. The van der Waals surface area contributed by atoms with Crippen molar-refractivity contribution in [2.75, 3.05) is 32.6 Å². The molecule has 0 fully saturated rings. The van der Waals surface area contributed by atoms with Gasteiger partial charge in [0.25, 0.3) is 0 Å². The molecule has 2 heterocycles. The van der Waals surface area contributed by atoms with Gasteiger partial charge in [0.05, 0.1) is 32.5 Å². The summed E-state index contributed by atoms with van der Waals surface area (Å²) in [7, 11) is 2.49. The van der Waals surface area contributed by atoms with Crippen molar-refractivity contribution in [3.63, 3.8) is 0 Å². The predicted octanol–water partition coefficient (Wildman–Crippen LogP) is 2.05. The molecule has 1 aromatic rings. The number of anilines is 1. The third-order valence-corrected chi connectivity index (χ3v) is 4.58. The van der Waals surface area contributed by atoms with Gasteiger partial charge in [-0.25, -0.2) is 9.59 Å². The minimum Gasteiger partial charge on any atom is -0.466 e. The molecule has 7 nitrogen and oxygen atoms in total. The molecular formula is C17H17N3O4S. The van der Waals surface area contributed by atoms with Gasteiger partial charge in [-0.3, -0.25) is 4.99 Å². The first-order valence-corrected chi connectivity index (χ1v) is 8.44. The first kappa shape index (κ1) is 17.1. The number of hydrogen-bond donors (Lipinski definition) is 1. The molecule has 1 N–H and O–H groups in total. The molecule has 2 aliphatic rings. The zero-order valence-corrected chi connectivity index (χ0v) is 14.6. The number of carbonyl (C=O) groups is 2. The first-order chi connectivity index (χ1) is 12.1. The van der Waals surface area contributed by atoms with E-state index in [0.29, 0.717) is 5.69 Å². The van der Waals surface area contributed by atoms with E-state index in [1.807, 2.05) is 18.2 Å². The second-order valence-electron chi connectivity index (χ2n) is 5.22. The average molecular weight is 359 g/mol. The van der Waals surface area contributed by atoms with Gasteiger partial charge < -0.3 is 19.7 Å². The van der Waals surface area contributed by atoms with Crippen molar-refractivity contribution in [3.8, 4) is 0 Å². The first-order valence-electron chi connectivity index (χ1n) is 7.56. The zero-order valence-electron chi connectivity index (χ0n) is 13.8. The Hall–Kier alpha value is -2.74. The van der Waals surface area contributed by atoms with Gasteiger partial charge in [0.15, 0.2) is 5.17 Å². The summed E-state index contributed by atoms with van der Waals surface area (Å²) >= 11 is 1.60. The molecule has 0 amide bonds. The number of esters is 2. The molecule has 0 aromatic heterocycles. The van der Waals surface area contributed by atoms with Crippen LogP contribution in [0, 0.1) is 0 Å². The van der Waals surface area contributed by atoms with Crippen LogP contribution in [0.2, 0.25) is 0 Å². The summed E-state index contributed by atoms with van der Waals surface area (Å²) in [6.45, 7) is 1.66. The fraction of sp³-hybridized carbons (Fsp3) is 0.235. The van der Waals surface area contributed by atoms with E-state index in [4.69, 9.17) is 4.74 Å². The molecule has 0 spiro atoms. The highest BCUT2D eigenvalue weighted by atomic mass is 32.2. The summed E-state index contributed by atoms with van der Waals surface area (Å²) in [5.74, 6) is -1.29. The Morgan fingerprint density at radius 2 is 2.16 bits per heavy atom. The summed E-state index contributed by atoms with van der Waals surface area (Å²) in [4.78, 5) is 29.9. The van der Waals surface area contributed by atoms with Gasteiger partial charge in [-0.05, 0) is 12.1 Å². The van der Waals surface area contributed by atoms with Gasteiger partial charge in [0.1, 0.15) is 5.70 Å². The van der Waals surface area contributed by atoms with Gasteiger partial charge in [0, 0.05) is 23.2 Å². The molecule has 0 atom stereocenters. The second-order valence-corrected chi connectivity index (χ2v) is 6.05. The Morgan fingerprint density at radius 1 is 1.32 bits per heavy atom. The number of ether oxygens (including phenoxy) is 2. The van der Waals surface area contributed by atoms with Crippen LogP contribution in [0.25, 0.3) is 5.70 Å². The number of aliphatic imine (C=N–C) groups is 1.